The molecule has 0 spiro atoms. The quantitative estimate of drug-likeness (QED) is 0.620. The molecular formula is C14H14FNO3. The number of methoxy groups -OCH3 is 1. The van der Waals surface area contributed by atoms with Crippen LogP contribution in [0.1, 0.15) is 16.8 Å². The molecular weight excluding hydrogens is 249 g/mol. The number of halogens is 1. The van der Waals surface area contributed by atoms with E-state index in [1.54, 1.807) is 6.08 Å². The highest BCUT2D eigenvalue weighted by molar-refractivity contribution is 6.03. The van der Waals surface area contributed by atoms with Gasteiger partial charge in [0.15, 0.2) is 0 Å². The maximum atomic E-state index is 13.4. The van der Waals surface area contributed by atoms with Gasteiger partial charge in [0.2, 0.25) is 5.91 Å². The zero-order valence-electron chi connectivity index (χ0n) is 10.6. The Balaban J connectivity index is 2.43. The summed E-state index contributed by atoms with van der Waals surface area (Å²) in [7, 11) is 1.24. The molecule has 1 atom stereocenters. The maximum Gasteiger partial charge on any atom is 0.339 e. The van der Waals surface area contributed by atoms with Crippen LogP contribution in [-0.4, -0.2) is 25.5 Å². The van der Waals surface area contributed by atoms with Gasteiger partial charge in [0.05, 0.1) is 18.4 Å². The number of nitrogens with zero attached hydrogens (tertiary/aromatic N) is 1. The van der Waals surface area contributed by atoms with Crippen LogP contribution in [0.3, 0.4) is 0 Å². The number of carbonyl (C=O) groups is 2. The molecule has 1 aliphatic rings. The Labute approximate surface area is 110 Å². The highest BCUT2D eigenvalue weighted by atomic mass is 19.1. The number of benzene rings is 1. The van der Waals surface area contributed by atoms with Crippen molar-refractivity contribution < 1.29 is 18.7 Å². The molecule has 1 unspecified atom stereocenters. The van der Waals surface area contributed by atoms with E-state index in [4.69, 9.17) is 0 Å². The molecule has 0 saturated carbocycles. The van der Waals surface area contributed by atoms with E-state index in [-0.39, 0.29) is 23.1 Å². The molecule has 2 rings (SSSR count). The second-order valence-corrected chi connectivity index (χ2v) is 4.36. The molecule has 0 N–H and O–H groups in total. The number of carbonyl (C=O) groups excluding carboxylic acids is 2. The Hall–Kier alpha value is -2.17. The highest BCUT2D eigenvalue weighted by Gasteiger charge is 2.31. The standard InChI is InChI=1S/C14H14FNO3/c1-3-9-6-13(17)16(8-9)12-7-10(15)4-5-11(12)14(18)19-2/h3-5,7,9H,1,6,8H2,2H3. The zero-order chi connectivity index (χ0) is 14.0. The summed E-state index contributed by atoms with van der Waals surface area (Å²) in [5, 5.41) is 0. The summed E-state index contributed by atoms with van der Waals surface area (Å²) < 4.78 is 18.0. The fourth-order valence-electron chi connectivity index (χ4n) is 2.14. The van der Waals surface area contributed by atoms with Crippen molar-refractivity contribution in [2.45, 2.75) is 6.42 Å². The Bertz CT molecular complexity index is 541. The van der Waals surface area contributed by atoms with Gasteiger partial charge in [0.25, 0.3) is 0 Å². The summed E-state index contributed by atoms with van der Waals surface area (Å²) in [6.07, 6.45) is 2.01. The zero-order valence-corrected chi connectivity index (χ0v) is 10.6. The molecule has 0 aromatic heterocycles. The molecule has 1 amide bonds. The predicted octanol–water partition coefficient (Wildman–Crippen LogP) is 2.15. The first-order valence-electron chi connectivity index (χ1n) is 5.87. The van der Waals surface area contributed by atoms with Gasteiger partial charge in [-0.05, 0) is 18.2 Å². The van der Waals surface area contributed by atoms with E-state index in [0.717, 1.165) is 0 Å². The van der Waals surface area contributed by atoms with Crippen molar-refractivity contribution in [3.8, 4) is 0 Å². The summed E-state index contributed by atoms with van der Waals surface area (Å²) in [4.78, 5) is 25.0. The lowest BCUT2D eigenvalue weighted by Crippen LogP contribution is -2.26. The summed E-state index contributed by atoms with van der Waals surface area (Å²) in [5.74, 6) is -1.23. The first kappa shape index (κ1) is 13.3. The topological polar surface area (TPSA) is 46.6 Å². The second kappa shape index (κ2) is 5.22. The van der Waals surface area contributed by atoms with Crippen LogP contribution in [0, 0.1) is 11.7 Å². The van der Waals surface area contributed by atoms with Gasteiger partial charge in [-0.2, -0.15) is 0 Å². The van der Waals surface area contributed by atoms with Crippen molar-refractivity contribution in [2.24, 2.45) is 5.92 Å². The fourth-order valence-corrected chi connectivity index (χ4v) is 2.14. The number of rotatable bonds is 3. The van der Waals surface area contributed by atoms with Crippen LogP contribution in [0.15, 0.2) is 30.9 Å². The number of hydrogen-bond donors (Lipinski definition) is 0. The van der Waals surface area contributed by atoms with Crippen molar-refractivity contribution >= 4 is 17.6 Å². The second-order valence-electron chi connectivity index (χ2n) is 4.36. The Morgan fingerprint density at radius 2 is 2.32 bits per heavy atom. The maximum absolute atomic E-state index is 13.4. The lowest BCUT2D eigenvalue weighted by Gasteiger charge is -2.19. The van der Waals surface area contributed by atoms with E-state index in [2.05, 4.69) is 11.3 Å². The molecule has 1 saturated heterocycles. The van der Waals surface area contributed by atoms with Crippen LogP contribution < -0.4 is 4.90 Å². The number of esters is 1. The number of hydrogen-bond acceptors (Lipinski definition) is 3. The molecule has 0 bridgehead atoms. The monoisotopic (exact) mass is 263 g/mol. The summed E-state index contributed by atoms with van der Waals surface area (Å²) in [5.41, 5.74) is 0.433. The molecule has 1 fully saturated rings. The third-order valence-corrected chi connectivity index (χ3v) is 3.14. The van der Waals surface area contributed by atoms with Gasteiger partial charge < -0.3 is 9.64 Å². The number of ether oxygens (including phenoxy) is 1. The predicted molar refractivity (Wildman–Crippen MR) is 68.4 cm³/mol. The summed E-state index contributed by atoms with van der Waals surface area (Å²) in [6.45, 7) is 4.05. The van der Waals surface area contributed by atoms with Crippen LogP contribution in [0.25, 0.3) is 0 Å². The van der Waals surface area contributed by atoms with Gasteiger partial charge in [-0.3, -0.25) is 4.79 Å². The van der Waals surface area contributed by atoms with Crippen molar-refractivity contribution in [1.29, 1.82) is 0 Å². The van der Waals surface area contributed by atoms with Crippen molar-refractivity contribution in [3.05, 3.63) is 42.2 Å². The molecule has 5 heteroatoms. The van der Waals surface area contributed by atoms with E-state index >= 15 is 0 Å². The average Bonchev–Trinajstić information content (AvgIpc) is 2.79. The summed E-state index contributed by atoms with van der Waals surface area (Å²) in [6, 6.07) is 3.67. The van der Waals surface area contributed by atoms with Crippen LogP contribution in [0.4, 0.5) is 10.1 Å². The largest absolute Gasteiger partial charge is 0.465 e. The minimum absolute atomic E-state index is 0.0151. The Morgan fingerprint density at radius 3 is 2.89 bits per heavy atom. The van der Waals surface area contributed by atoms with Crippen LogP contribution in [-0.2, 0) is 9.53 Å². The van der Waals surface area contributed by atoms with E-state index in [0.29, 0.717) is 13.0 Å². The normalized spacial score (nSPS) is 18.5. The SMILES string of the molecule is C=CC1CC(=O)N(c2cc(F)ccc2C(=O)OC)C1. The minimum Gasteiger partial charge on any atom is -0.465 e. The van der Waals surface area contributed by atoms with Crippen molar-refractivity contribution in [2.75, 3.05) is 18.6 Å². The fraction of sp³-hybridized carbons (Fsp3) is 0.286. The van der Waals surface area contributed by atoms with Crippen LogP contribution in [0.5, 0.6) is 0 Å². The summed E-state index contributed by atoms with van der Waals surface area (Å²) >= 11 is 0. The first-order valence-corrected chi connectivity index (χ1v) is 5.87. The van der Waals surface area contributed by atoms with Gasteiger partial charge in [-0.1, -0.05) is 6.08 Å². The first-order chi connectivity index (χ1) is 9.06. The van der Waals surface area contributed by atoms with Crippen molar-refractivity contribution in [3.63, 3.8) is 0 Å². The van der Waals surface area contributed by atoms with Gasteiger partial charge >= 0.3 is 5.97 Å². The molecule has 0 radical (unpaired) electrons. The third kappa shape index (κ3) is 2.50. The smallest absolute Gasteiger partial charge is 0.339 e. The molecule has 1 aliphatic heterocycles. The lowest BCUT2D eigenvalue weighted by atomic mass is 10.1. The van der Waals surface area contributed by atoms with E-state index < -0.39 is 11.8 Å². The van der Waals surface area contributed by atoms with Gasteiger partial charge in [-0.15, -0.1) is 6.58 Å². The number of anilines is 1. The minimum atomic E-state index is -0.593. The highest BCUT2D eigenvalue weighted by Crippen LogP contribution is 2.29. The molecule has 1 aromatic rings. The Kier molecular flexibility index (Phi) is 3.64. The third-order valence-electron chi connectivity index (χ3n) is 3.14. The Morgan fingerprint density at radius 1 is 1.58 bits per heavy atom. The lowest BCUT2D eigenvalue weighted by molar-refractivity contribution is -0.117. The van der Waals surface area contributed by atoms with Crippen LogP contribution in [0.2, 0.25) is 0 Å². The molecule has 1 aromatic carbocycles. The molecule has 0 aliphatic carbocycles. The molecule has 19 heavy (non-hydrogen) atoms. The van der Waals surface area contributed by atoms with Crippen molar-refractivity contribution in [1.82, 2.24) is 0 Å². The van der Waals surface area contributed by atoms with Gasteiger partial charge in [-0.25, -0.2) is 9.18 Å². The molecule has 100 valence electrons. The molecule has 1 heterocycles. The van der Waals surface area contributed by atoms with E-state index in [1.807, 2.05) is 0 Å². The van der Waals surface area contributed by atoms with Gasteiger partial charge in [0, 0.05) is 18.9 Å². The molecule has 4 nitrogen and oxygen atoms in total. The van der Waals surface area contributed by atoms with E-state index in [1.165, 1.54) is 30.2 Å². The number of amides is 1. The average molecular weight is 263 g/mol. The van der Waals surface area contributed by atoms with Gasteiger partial charge in [0.1, 0.15) is 5.82 Å². The van der Waals surface area contributed by atoms with Crippen LogP contribution >= 0.6 is 0 Å². The van der Waals surface area contributed by atoms with E-state index in [9.17, 15) is 14.0 Å².